The van der Waals surface area contributed by atoms with Gasteiger partial charge in [-0.15, -0.1) is 0 Å². The van der Waals surface area contributed by atoms with Crippen LogP contribution in [0.3, 0.4) is 0 Å². The topological polar surface area (TPSA) is 94.5 Å². The highest BCUT2D eigenvalue weighted by molar-refractivity contribution is 5.92. The molecule has 1 atom stereocenters. The van der Waals surface area contributed by atoms with E-state index in [4.69, 9.17) is 4.42 Å². The molecule has 0 aliphatic carbocycles. The Hall–Kier alpha value is -2.61. The molecule has 0 spiro atoms. The minimum Gasteiger partial charge on any atom is -0.467 e. The summed E-state index contributed by atoms with van der Waals surface area (Å²) in [7, 11) is 2.09. The van der Waals surface area contributed by atoms with Crippen molar-refractivity contribution < 1.29 is 14.0 Å². The summed E-state index contributed by atoms with van der Waals surface area (Å²) in [6.07, 6.45) is 5.47. The fourth-order valence-corrected chi connectivity index (χ4v) is 4.37. The summed E-state index contributed by atoms with van der Waals surface area (Å²) in [6, 6.07) is 5.43. The van der Waals surface area contributed by atoms with Gasteiger partial charge >= 0.3 is 0 Å². The highest BCUT2D eigenvalue weighted by atomic mass is 16.3. The minimum absolute atomic E-state index is 0.141. The second kappa shape index (κ2) is 8.82. The first kappa shape index (κ1) is 19.7. The van der Waals surface area contributed by atoms with Crippen LogP contribution in [-0.2, 0) is 11.3 Å². The number of aromatic nitrogens is 2. The van der Waals surface area contributed by atoms with Crippen LogP contribution < -0.4 is 5.32 Å². The summed E-state index contributed by atoms with van der Waals surface area (Å²) in [4.78, 5) is 29.4. The second-order valence-corrected chi connectivity index (χ2v) is 8.17. The van der Waals surface area contributed by atoms with Crippen molar-refractivity contribution >= 4 is 11.8 Å². The van der Waals surface area contributed by atoms with Gasteiger partial charge in [0.25, 0.3) is 5.91 Å². The highest BCUT2D eigenvalue weighted by Crippen LogP contribution is 2.29. The molecular formula is C21H29N5O3. The molecule has 0 bridgehead atoms. The van der Waals surface area contributed by atoms with Crippen molar-refractivity contribution in [1.82, 2.24) is 25.3 Å². The number of furan rings is 1. The Bertz CT molecular complexity index is 823. The Morgan fingerprint density at radius 3 is 2.83 bits per heavy atom. The van der Waals surface area contributed by atoms with Crippen LogP contribution in [0.5, 0.6) is 0 Å². The number of rotatable bonds is 5. The van der Waals surface area contributed by atoms with E-state index in [0.29, 0.717) is 29.8 Å². The molecule has 2 aromatic rings. The quantitative estimate of drug-likeness (QED) is 0.802. The van der Waals surface area contributed by atoms with Crippen LogP contribution in [0.4, 0.5) is 0 Å². The van der Waals surface area contributed by atoms with Gasteiger partial charge in [-0.25, -0.2) is 0 Å². The molecule has 0 saturated carbocycles. The van der Waals surface area contributed by atoms with Crippen LogP contribution in [0.2, 0.25) is 0 Å². The average Bonchev–Trinajstić information content (AvgIpc) is 3.44. The van der Waals surface area contributed by atoms with Crippen molar-refractivity contribution in [2.45, 2.75) is 38.1 Å². The Kier molecular flexibility index (Phi) is 5.99. The molecule has 29 heavy (non-hydrogen) atoms. The van der Waals surface area contributed by atoms with E-state index in [2.05, 4.69) is 27.5 Å². The first-order chi connectivity index (χ1) is 14.1. The van der Waals surface area contributed by atoms with Gasteiger partial charge in [-0.1, -0.05) is 0 Å². The molecule has 2 saturated heterocycles. The number of nitrogens with one attached hydrogen (secondary N) is 2. The summed E-state index contributed by atoms with van der Waals surface area (Å²) >= 11 is 0. The number of H-pyrrole nitrogens is 1. The monoisotopic (exact) mass is 399 g/mol. The molecule has 2 aromatic heterocycles. The van der Waals surface area contributed by atoms with E-state index in [-0.39, 0.29) is 11.8 Å². The Labute approximate surface area is 170 Å². The average molecular weight is 399 g/mol. The van der Waals surface area contributed by atoms with Gasteiger partial charge in [0, 0.05) is 31.2 Å². The lowest BCUT2D eigenvalue weighted by Crippen LogP contribution is -2.46. The molecule has 2 amide bonds. The first-order valence-electron chi connectivity index (χ1n) is 10.4. The van der Waals surface area contributed by atoms with Crippen molar-refractivity contribution in [1.29, 1.82) is 0 Å². The second-order valence-electron chi connectivity index (χ2n) is 8.17. The minimum atomic E-state index is -0.224. The Balaban J connectivity index is 1.27. The van der Waals surface area contributed by atoms with E-state index in [1.807, 2.05) is 17.0 Å². The molecule has 8 heteroatoms. The number of hydrogen-bond donors (Lipinski definition) is 2. The molecule has 1 unspecified atom stereocenters. The lowest BCUT2D eigenvalue weighted by molar-refractivity contribution is -0.138. The van der Waals surface area contributed by atoms with Crippen LogP contribution in [0.15, 0.2) is 28.9 Å². The number of likely N-dealkylation sites (tertiary alicyclic amines) is 2. The molecule has 2 aliphatic heterocycles. The number of nitrogens with zero attached hydrogens (tertiary/aromatic N) is 3. The van der Waals surface area contributed by atoms with Crippen LogP contribution in [0.1, 0.15) is 53.5 Å². The molecule has 2 N–H and O–H groups in total. The van der Waals surface area contributed by atoms with Gasteiger partial charge in [-0.3, -0.25) is 14.7 Å². The van der Waals surface area contributed by atoms with Crippen molar-refractivity contribution in [2.75, 3.05) is 33.2 Å². The molecule has 8 nitrogen and oxygen atoms in total. The number of carbonyl (C=O) groups is 2. The lowest BCUT2D eigenvalue weighted by Gasteiger charge is -2.36. The van der Waals surface area contributed by atoms with E-state index in [1.54, 1.807) is 12.3 Å². The van der Waals surface area contributed by atoms with E-state index < -0.39 is 0 Å². The maximum atomic E-state index is 12.8. The molecular weight excluding hydrogens is 370 g/mol. The molecule has 0 aromatic carbocycles. The maximum Gasteiger partial charge on any atom is 0.272 e. The summed E-state index contributed by atoms with van der Waals surface area (Å²) in [5.74, 6) is 1.22. The molecule has 2 fully saturated rings. The van der Waals surface area contributed by atoms with Gasteiger partial charge in [0.2, 0.25) is 5.91 Å². The van der Waals surface area contributed by atoms with Crippen LogP contribution in [-0.4, -0.2) is 65.0 Å². The van der Waals surface area contributed by atoms with E-state index in [1.165, 1.54) is 0 Å². The maximum absolute atomic E-state index is 12.8. The first-order valence-corrected chi connectivity index (χ1v) is 10.4. The SMILES string of the molecule is CN1CCCC(C(=O)N2CCC(c3cc(C(=O)NCc4ccco4)n[nH]3)CC2)C1. The van der Waals surface area contributed by atoms with Gasteiger partial charge in [-0.05, 0) is 57.5 Å². The molecule has 0 radical (unpaired) electrons. The van der Waals surface area contributed by atoms with Crippen molar-refractivity contribution in [2.24, 2.45) is 5.92 Å². The molecule has 4 heterocycles. The van der Waals surface area contributed by atoms with E-state index in [9.17, 15) is 9.59 Å². The van der Waals surface area contributed by atoms with E-state index in [0.717, 1.165) is 57.6 Å². The molecule has 2 aliphatic rings. The number of amides is 2. The predicted octanol–water partition coefficient (Wildman–Crippen LogP) is 1.98. The van der Waals surface area contributed by atoms with Gasteiger partial charge in [0.15, 0.2) is 0 Å². The number of hydrogen-bond acceptors (Lipinski definition) is 5. The van der Waals surface area contributed by atoms with Crippen molar-refractivity contribution in [3.05, 3.63) is 41.6 Å². The number of carbonyl (C=O) groups excluding carboxylic acids is 2. The van der Waals surface area contributed by atoms with Crippen LogP contribution in [0, 0.1) is 5.92 Å². The zero-order chi connectivity index (χ0) is 20.2. The Morgan fingerprint density at radius 1 is 1.28 bits per heavy atom. The highest BCUT2D eigenvalue weighted by Gasteiger charge is 2.31. The standard InChI is InChI=1S/C21H29N5O3/c1-25-8-2-4-16(14-25)21(28)26-9-6-15(7-10-26)18-12-19(24-23-18)20(27)22-13-17-5-3-11-29-17/h3,5,11-12,15-16H,2,4,6-10,13-14H2,1H3,(H,22,27)(H,23,24). The Morgan fingerprint density at radius 2 is 2.10 bits per heavy atom. The lowest BCUT2D eigenvalue weighted by atomic mass is 9.91. The van der Waals surface area contributed by atoms with Crippen molar-refractivity contribution in [3.8, 4) is 0 Å². The summed E-state index contributed by atoms with van der Waals surface area (Å²) in [6.45, 7) is 3.83. The van der Waals surface area contributed by atoms with Gasteiger partial charge < -0.3 is 19.5 Å². The smallest absolute Gasteiger partial charge is 0.272 e. The molecule has 156 valence electrons. The fraction of sp³-hybridized carbons (Fsp3) is 0.571. The third-order valence-corrected chi connectivity index (χ3v) is 6.05. The zero-order valence-electron chi connectivity index (χ0n) is 16.9. The largest absolute Gasteiger partial charge is 0.467 e. The van der Waals surface area contributed by atoms with Gasteiger partial charge in [0.1, 0.15) is 11.5 Å². The third-order valence-electron chi connectivity index (χ3n) is 6.05. The van der Waals surface area contributed by atoms with Gasteiger partial charge in [-0.2, -0.15) is 5.10 Å². The fourth-order valence-electron chi connectivity index (χ4n) is 4.37. The zero-order valence-corrected chi connectivity index (χ0v) is 16.9. The van der Waals surface area contributed by atoms with Crippen molar-refractivity contribution in [3.63, 3.8) is 0 Å². The normalized spacial score (nSPS) is 21.3. The van der Waals surface area contributed by atoms with Crippen LogP contribution >= 0.6 is 0 Å². The van der Waals surface area contributed by atoms with Gasteiger partial charge in [0.05, 0.1) is 18.7 Å². The summed E-state index contributed by atoms with van der Waals surface area (Å²) in [5, 5.41) is 10.00. The van der Waals surface area contributed by atoms with E-state index >= 15 is 0 Å². The van der Waals surface area contributed by atoms with Crippen LogP contribution in [0.25, 0.3) is 0 Å². The predicted molar refractivity (Wildman–Crippen MR) is 107 cm³/mol. The number of aromatic amines is 1. The summed E-state index contributed by atoms with van der Waals surface area (Å²) < 4.78 is 5.22. The number of piperidine rings is 2. The summed E-state index contributed by atoms with van der Waals surface area (Å²) in [5.41, 5.74) is 1.35. The molecule has 4 rings (SSSR count). The third kappa shape index (κ3) is 4.70.